The van der Waals surface area contributed by atoms with E-state index in [0.717, 1.165) is 54.8 Å². The van der Waals surface area contributed by atoms with Gasteiger partial charge < -0.3 is 11.1 Å². The number of benzene rings is 1. The Labute approximate surface area is 158 Å². The van der Waals surface area contributed by atoms with Gasteiger partial charge in [0.05, 0.1) is 11.4 Å². The van der Waals surface area contributed by atoms with Crippen LogP contribution in [-0.2, 0) is 13.0 Å². The van der Waals surface area contributed by atoms with Crippen molar-refractivity contribution < 1.29 is 13.6 Å². The Kier molecular flexibility index (Phi) is 4.53. The highest BCUT2D eigenvalue weighted by Crippen LogP contribution is 2.35. The van der Waals surface area contributed by atoms with Crippen molar-refractivity contribution in [2.24, 2.45) is 0 Å². The van der Waals surface area contributed by atoms with Gasteiger partial charge in [-0.3, -0.25) is 9.69 Å². The highest BCUT2D eigenvalue weighted by atomic mass is 32.1. The second-order valence-electron chi connectivity index (χ2n) is 6.49. The topological polar surface area (TPSA) is 71.2 Å². The van der Waals surface area contributed by atoms with E-state index in [9.17, 15) is 13.6 Å². The van der Waals surface area contributed by atoms with Gasteiger partial charge in [-0.1, -0.05) is 6.92 Å². The standard InChI is InChI=1S/C19H18F2N4OS/c1-2-25-6-5-14-10(9-25)7-12-16(22)17(27-19(12)24-14)18(26)23-15-4-3-11(20)8-13(15)21/h3-4,7-8H,2,5-6,9,22H2,1H3,(H,23,26). The molecule has 3 aromatic rings. The minimum absolute atomic E-state index is 0.0934. The fraction of sp³-hybridized carbons (Fsp3) is 0.263. The number of carbonyl (C=O) groups excluding carboxylic acids is 1. The number of carbonyl (C=O) groups is 1. The van der Waals surface area contributed by atoms with Gasteiger partial charge in [-0.25, -0.2) is 13.8 Å². The van der Waals surface area contributed by atoms with Crippen LogP contribution in [0.3, 0.4) is 0 Å². The van der Waals surface area contributed by atoms with Gasteiger partial charge in [0.25, 0.3) is 5.91 Å². The minimum Gasteiger partial charge on any atom is -0.397 e. The van der Waals surface area contributed by atoms with Crippen LogP contribution in [0.2, 0.25) is 0 Å². The zero-order chi connectivity index (χ0) is 19.1. The van der Waals surface area contributed by atoms with E-state index in [1.165, 1.54) is 17.4 Å². The monoisotopic (exact) mass is 388 g/mol. The summed E-state index contributed by atoms with van der Waals surface area (Å²) in [5.74, 6) is -2.08. The van der Waals surface area contributed by atoms with Gasteiger partial charge in [0.15, 0.2) is 0 Å². The molecule has 0 aliphatic carbocycles. The van der Waals surface area contributed by atoms with Crippen molar-refractivity contribution in [1.29, 1.82) is 0 Å². The number of likely N-dealkylation sites (N-methyl/N-ethyl adjacent to an activating group) is 1. The Balaban J connectivity index is 1.68. The van der Waals surface area contributed by atoms with E-state index in [1.54, 1.807) is 0 Å². The van der Waals surface area contributed by atoms with E-state index < -0.39 is 17.5 Å². The van der Waals surface area contributed by atoms with Gasteiger partial charge in [-0.2, -0.15) is 0 Å². The second kappa shape index (κ2) is 6.86. The van der Waals surface area contributed by atoms with Crippen LogP contribution < -0.4 is 11.1 Å². The van der Waals surface area contributed by atoms with Crippen LogP contribution in [-0.4, -0.2) is 28.9 Å². The largest absolute Gasteiger partial charge is 0.397 e. The molecule has 2 aromatic heterocycles. The summed E-state index contributed by atoms with van der Waals surface area (Å²) >= 11 is 1.18. The SMILES string of the molecule is CCN1CCc2nc3sc(C(=O)Nc4ccc(F)cc4F)c(N)c3cc2C1. The molecule has 140 valence electrons. The van der Waals surface area contributed by atoms with Crippen LogP contribution in [0.15, 0.2) is 24.3 Å². The fourth-order valence-corrected chi connectivity index (χ4v) is 4.26. The van der Waals surface area contributed by atoms with Gasteiger partial charge in [0.2, 0.25) is 0 Å². The van der Waals surface area contributed by atoms with Crippen LogP contribution >= 0.6 is 11.3 Å². The molecule has 3 N–H and O–H groups in total. The number of rotatable bonds is 3. The number of fused-ring (bicyclic) bond motifs is 2. The summed E-state index contributed by atoms with van der Waals surface area (Å²) in [7, 11) is 0. The summed E-state index contributed by atoms with van der Waals surface area (Å²) in [6.45, 7) is 4.85. The third-order valence-electron chi connectivity index (χ3n) is 4.78. The highest BCUT2D eigenvalue weighted by molar-refractivity contribution is 7.21. The Hall–Kier alpha value is -2.58. The third-order valence-corrected chi connectivity index (χ3v) is 5.90. The molecule has 0 saturated heterocycles. The van der Waals surface area contributed by atoms with Gasteiger partial charge in [0.1, 0.15) is 21.3 Å². The maximum Gasteiger partial charge on any atom is 0.268 e. The number of hydrogen-bond acceptors (Lipinski definition) is 5. The second-order valence-corrected chi connectivity index (χ2v) is 7.49. The number of nitrogens with zero attached hydrogens (tertiary/aromatic N) is 2. The first kappa shape index (κ1) is 17.8. The smallest absolute Gasteiger partial charge is 0.268 e. The molecule has 4 rings (SSSR count). The van der Waals surface area contributed by atoms with Gasteiger partial charge in [-0.15, -0.1) is 11.3 Å². The number of aromatic nitrogens is 1. The highest BCUT2D eigenvalue weighted by Gasteiger charge is 2.22. The number of thiophene rings is 1. The van der Waals surface area contributed by atoms with Crippen LogP contribution in [0.1, 0.15) is 27.9 Å². The first-order valence-corrected chi connectivity index (χ1v) is 9.47. The summed E-state index contributed by atoms with van der Waals surface area (Å²) < 4.78 is 26.8. The van der Waals surface area contributed by atoms with E-state index in [0.29, 0.717) is 10.5 Å². The predicted molar refractivity (Wildman–Crippen MR) is 103 cm³/mol. The van der Waals surface area contributed by atoms with E-state index >= 15 is 0 Å². The number of nitrogens with two attached hydrogens (primary N) is 1. The van der Waals surface area contributed by atoms with Crippen molar-refractivity contribution in [3.05, 3.63) is 52.0 Å². The molecular weight excluding hydrogens is 370 g/mol. The molecule has 3 heterocycles. The third kappa shape index (κ3) is 3.26. The van der Waals surface area contributed by atoms with Crippen molar-refractivity contribution in [3.8, 4) is 0 Å². The zero-order valence-corrected chi connectivity index (χ0v) is 15.5. The lowest BCUT2D eigenvalue weighted by Gasteiger charge is -2.26. The quantitative estimate of drug-likeness (QED) is 0.716. The summed E-state index contributed by atoms with van der Waals surface area (Å²) in [6.07, 6.45) is 0.860. The van der Waals surface area contributed by atoms with Crippen molar-refractivity contribution in [1.82, 2.24) is 9.88 Å². The number of anilines is 2. The molecular formula is C19H18F2N4OS. The molecule has 0 saturated carbocycles. The molecule has 0 unspecified atom stereocenters. The average molecular weight is 388 g/mol. The van der Waals surface area contributed by atoms with Crippen molar-refractivity contribution in [2.75, 3.05) is 24.1 Å². The first-order valence-electron chi connectivity index (χ1n) is 8.65. The molecule has 1 amide bonds. The fourth-order valence-electron chi connectivity index (χ4n) is 3.26. The number of halogens is 2. The Morgan fingerprint density at radius 3 is 2.93 bits per heavy atom. The average Bonchev–Trinajstić information content (AvgIpc) is 2.97. The number of nitrogens with one attached hydrogen (secondary N) is 1. The molecule has 0 radical (unpaired) electrons. The van der Waals surface area contributed by atoms with Gasteiger partial charge in [-0.05, 0) is 30.3 Å². The van der Waals surface area contributed by atoms with Gasteiger partial charge in [0, 0.05) is 36.7 Å². The van der Waals surface area contributed by atoms with Gasteiger partial charge >= 0.3 is 0 Å². The molecule has 27 heavy (non-hydrogen) atoms. The van der Waals surface area contributed by atoms with Crippen molar-refractivity contribution >= 4 is 38.8 Å². The Morgan fingerprint density at radius 2 is 2.19 bits per heavy atom. The lowest BCUT2D eigenvalue weighted by Crippen LogP contribution is -2.30. The Morgan fingerprint density at radius 1 is 1.37 bits per heavy atom. The predicted octanol–water partition coefficient (Wildman–Crippen LogP) is 3.79. The zero-order valence-electron chi connectivity index (χ0n) is 14.7. The van der Waals surface area contributed by atoms with Crippen LogP contribution in [0.4, 0.5) is 20.2 Å². The van der Waals surface area contributed by atoms with Crippen LogP contribution in [0.5, 0.6) is 0 Å². The number of nitrogen functional groups attached to an aromatic ring is 1. The summed E-state index contributed by atoms with van der Waals surface area (Å²) in [6, 6.07) is 4.99. The molecule has 0 bridgehead atoms. The Bertz CT molecular complexity index is 1050. The van der Waals surface area contributed by atoms with Crippen molar-refractivity contribution in [2.45, 2.75) is 19.9 Å². The molecule has 5 nitrogen and oxygen atoms in total. The maximum absolute atomic E-state index is 13.8. The number of hydrogen-bond donors (Lipinski definition) is 2. The lowest BCUT2D eigenvalue weighted by molar-refractivity contribution is 0.103. The summed E-state index contributed by atoms with van der Waals surface area (Å²) in [5, 5.41) is 3.19. The van der Waals surface area contributed by atoms with Crippen molar-refractivity contribution in [3.63, 3.8) is 0 Å². The molecule has 8 heteroatoms. The molecule has 1 aliphatic rings. The summed E-state index contributed by atoms with van der Waals surface area (Å²) in [4.78, 5) is 20.6. The van der Waals surface area contributed by atoms with E-state index in [2.05, 4.69) is 17.1 Å². The van der Waals surface area contributed by atoms with Crippen LogP contribution in [0, 0.1) is 11.6 Å². The molecule has 1 aromatic carbocycles. The molecule has 0 fully saturated rings. The summed E-state index contributed by atoms with van der Waals surface area (Å²) in [5.41, 5.74) is 8.59. The first-order chi connectivity index (χ1) is 13.0. The normalized spacial score (nSPS) is 14.3. The maximum atomic E-state index is 13.8. The number of amides is 1. The number of pyridine rings is 1. The molecule has 0 atom stereocenters. The van der Waals surface area contributed by atoms with E-state index in [-0.39, 0.29) is 10.6 Å². The van der Waals surface area contributed by atoms with Crippen LogP contribution in [0.25, 0.3) is 10.2 Å². The lowest BCUT2D eigenvalue weighted by atomic mass is 10.0. The minimum atomic E-state index is -0.837. The molecule has 1 aliphatic heterocycles. The van der Waals surface area contributed by atoms with E-state index in [4.69, 9.17) is 10.7 Å². The van der Waals surface area contributed by atoms with E-state index in [1.807, 2.05) is 6.07 Å². The molecule has 0 spiro atoms.